The number of rotatable bonds is 8. The number of ketones is 1. The minimum atomic E-state index is -0.680. The molecule has 7 heteroatoms. The van der Waals surface area contributed by atoms with Crippen molar-refractivity contribution in [2.75, 3.05) is 12.3 Å². The van der Waals surface area contributed by atoms with Crippen LogP contribution in [0.5, 0.6) is 0 Å². The topological polar surface area (TPSA) is 87.8 Å². The number of Topliss-reactive ketones (excluding diaryl/α,β-unsaturated/α-hetero) is 1. The quantitative estimate of drug-likeness (QED) is 0.481. The van der Waals surface area contributed by atoms with E-state index >= 15 is 0 Å². The number of nitrogen functional groups attached to an aromatic ring is 1. The maximum absolute atomic E-state index is 14.0. The molecule has 1 aromatic heterocycles. The Morgan fingerprint density at radius 3 is 2.77 bits per heavy atom. The summed E-state index contributed by atoms with van der Waals surface area (Å²) in [5.74, 6) is -0.0979. The Morgan fingerprint density at radius 1 is 1.39 bits per heavy atom. The molecule has 0 radical (unpaired) electrons. The molecule has 3 N–H and O–H groups in total. The van der Waals surface area contributed by atoms with Crippen LogP contribution in [0.15, 0.2) is 47.7 Å². The smallest absolute Gasteiger partial charge is 0.254 e. The number of amides is 1. The Morgan fingerprint density at radius 2 is 2.13 bits per heavy atom. The van der Waals surface area contributed by atoms with Crippen LogP contribution < -0.4 is 11.1 Å². The first-order chi connectivity index (χ1) is 15.0. The maximum atomic E-state index is 14.0. The van der Waals surface area contributed by atoms with Crippen LogP contribution >= 0.6 is 11.3 Å². The molecule has 0 saturated heterocycles. The van der Waals surface area contributed by atoms with Gasteiger partial charge in [-0.25, -0.2) is 0 Å². The van der Waals surface area contributed by atoms with Crippen molar-refractivity contribution in [2.45, 2.75) is 50.5 Å². The van der Waals surface area contributed by atoms with E-state index in [4.69, 9.17) is 5.73 Å². The molecule has 6 nitrogen and oxygen atoms in total. The van der Waals surface area contributed by atoms with Crippen LogP contribution in [-0.2, 0) is 11.8 Å². The van der Waals surface area contributed by atoms with E-state index in [0.717, 1.165) is 24.0 Å². The van der Waals surface area contributed by atoms with Crippen molar-refractivity contribution in [3.63, 3.8) is 0 Å². The van der Waals surface area contributed by atoms with Gasteiger partial charge < -0.3 is 11.1 Å². The minimum Gasteiger partial charge on any atom is -0.390 e. The number of hydrazone groups is 1. The van der Waals surface area contributed by atoms with Gasteiger partial charge >= 0.3 is 0 Å². The molecule has 1 heterocycles. The van der Waals surface area contributed by atoms with Crippen LogP contribution in [0.4, 0.5) is 5.00 Å². The second kappa shape index (κ2) is 8.67. The first kappa shape index (κ1) is 21.3. The summed E-state index contributed by atoms with van der Waals surface area (Å²) in [6.07, 6.45) is 7.64. The van der Waals surface area contributed by atoms with Gasteiger partial charge in [-0.1, -0.05) is 36.4 Å². The zero-order valence-corrected chi connectivity index (χ0v) is 18.6. The third kappa shape index (κ3) is 4.02. The lowest BCUT2D eigenvalue weighted by Gasteiger charge is -2.37. The van der Waals surface area contributed by atoms with Crippen molar-refractivity contribution >= 4 is 34.7 Å². The van der Waals surface area contributed by atoms with Gasteiger partial charge in [0.25, 0.3) is 5.91 Å². The lowest BCUT2D eigenvalue weighted by atomic mass is 9.66. The Balaban J connectivity index is 1.71. The molecule has 2 aliphatic carbocycles. The van der Waals surface area contributed by atoms with Crippen LogP contribution in [0.1, 0.15) is 63.8 Å². The summed E-state index contributed by atoms with van der Waals surface area (Å²) in [4.78, 5) is 27.4. The van der Waals surface area contributed by atoms with Crippen molar-refractivity contribution in [3.8, 4) is 0 Å². The van der Waals surface area contributed by atoms with Gasteiger partial charge in [-0.3, -0.25) is 14.6 Å². The fourth-order valence-corrected chi connectivity index (χ4v) is 5.55. The molecule has 2 aromatic rings. The van der Waals surface area contributed by atoms with Crippen LogP contribution in [0.2, 0.25) is 0 Å². The molecular formula is C24H28N4O2S. The van der Waals surface area contributed by atoms with Crippen LogP contribution in [0.25, 0.3) is 0 Å². The molecule has 1 fully saturated rings. The molecule has 31 heavy (non-hydrogen) atoms. The van der Waals surface area contributed by atoms with Crippen LogP contribution in [0, 0.1) is 0 Å². The monoisotopic (exact) mass is 436 g/mol. The van der Waals surface area contributed by atoms with E-state index in [1.165, 1.54) is 11.3 Å². The number of hydrogen-bond donors (Lipinski definition) is 2. The predicted octanol–water partition coefficient (Wildman–Crippen LogP) is 4.13. The number of hydrogen-bond acceptors (Lipinski definition) is 6. The third-order valence-corrected chi connectivity index (χ3v) is 7.27. The number of nitrogens with one attached hydrogen (secondary N) is 1. The summed E-state index contributed by atoms with van der Waals surface area (Å²) < 4.78 is 0. The summed E-state index contributed by atoms with van der Waals surface area (Å²) in [6, 6.07) is 10.2. The third-order valence-electron chi connectivity index (χ3n) is 6.21. The number of allylic oxidation sites excluding steroid dienone is 1. The number of anilines is 1. The van der Waals surface area contributed by atoms with Gasteiger partial charge in [-0.15, -0.1) is 11.3 Å². The van der Waals surface area contributed by atoms with E-state index in [1.807, 2.05) is 49.5 Å². The summed E-state index contributed by atoms with van der Waals surface area (Å²) in [6.45, 7) is 6.13. The Kier molecular flexibility index (Phi) is 5.96. The van der Waals surface area contributed by atoms with Crippen LogP contribution in [-0.4, -0.2) is 36.0 Å². The molecule has 162 valence electrons. The summed E-state index contributed by atoms with van der Waals surface area (Å²) in [5, 5.41) is 9.25. The molecule has 0 aliphatic heterocycles. The number of benzene rings is 1. The number of carbonyl (C=O) groups excluding carboxylic acids is 2. The van der Waals surface area contributed by atoms with Crippen molar-refractivity contribution in [2.24, 2.45) is 5.10 Å². The summed E-state index contributed by atoms with van der Waals surface area (Å²) in [7, 11) is 0. The molecule has 1 atom stereocenters. The SMILES string of the molecule is C=NN(/C=C\C)CCC1(c2ccccc2)CCc2c(sc(N)c2C(=O)NC2CC2)C1=O. The van der Waals surface area contributed by atoms with E-state index in [1.54, 1.807) is 5.01 Å². The molecular weight excluding hydrogens is 408 g/mol. The number of carbonyl (C=O) groups is 2. The van der Waals surface area contributed by atoms with Crippen molar-refractivity contribution < 1.29 is 9.59 Å². The highest BCUT2D eigenvalue weighted by atomic mass is 32.1. The second-order valence-corrected chi connectivity index (χ2v) is 9.26. The zero-order valence-electron chi connectivity index (χ0n) is 17.8. The predicted molar refractivity (Wildman–Crippen MR) is 126 cm³/mol. The average molecular weight is 437 g/mol. The lowest BCUT2D eigenvalue weighted by Crippen LogP contribution is -2.42. The van der Waals surface area contributed by atoms with E-state index in [0.29, 0.717) is 41.2 Å². The van der Waals surface area contributed by atoms with Gasteiger partial charge in [0, 0.05) is 25.5 Å². The molecule has 1 aromatic carbocycles. The summed E-state index contributed by atoms with van der Waals surface area (Å²) in [5.41, 5.74) is 7.88. The Labute approximate surface area is 186 Å². The van der Waals surface area contributed by atoms with E-state index in [-0.39, 0.29) is 17.7 Å². The Hall–Kier alpha value is -2.93. The van der Waals surface area contributed by atoms with Gasteiger partial charge in [0.15, 0.2) is 5.78 Å². The molecule has 1 unspecified atom stereocenters. The van der Waals surface area contributed by atoms with Crippen LogP contribution in [0.3, 0.4) is 0 Å². The Bertz CT molecular complexity index is 1030. The lowest BCUT2D eigenvalue weighted by molar-refractivity contribution is 0.0845. The largest absolute Gasteiger partial charge is 0.390 e. The number of nitrogens with two attached hydrogens (primary N) is 1. The number of fused-ring (bicyclic) bond motifs is 1. The van der Waals surface area contributed by atoms with Gasteiger partial charge in [0.1, 0.15) is 0 Å². The van der Waals surface area contributed by atoms with E-state index in [9.17, 15) is 9.59 Å². The normalized spacial score (nSPS) is 20.5. The van der Waals surface area contributed by atoms with Gasteiger partial charge in [0.2, 0.25) is 0 Å². The fourth-order valence-electron chi connectivity index (χ4n) is 4.40. The highest BCUT2D eigenvalue weighted by molar-refractivity contribution is 7.18. The van der Waals surface area contributed by atoms with Crippen molar-refractivity contribution in [1.82, 2.24) is 10.3 Å². The van der Waals surface area contributed by atoms with Crippen molar-refractivity contribution in [1.29, 1.82) is 0 Å². The fraction of sp³-hybridized carbons (Fsp3) is 0.375. The standard InChI is InChI=1S/C24H28N4O2S/c1-3-14-28(26-2)15-13-24(16-7-5-4-6-8-16)12-11-18-19(23(30)27-17-9-10-17)22(25)31-20(18)21(24)29/h3-8,14,17H,2,9-13,15,25H2,1H3,(H,27,30)/b14-3-. The van der Waals surface area contributed by atoms with Gasteiger partial charge in [0.05, 0.1) is 20.9 Å². The molecule has 1 amide bonds. The summed E-state index contributed by atoms with van der Waals surface area (Å²) >= 11 is 1.25. The van der Waals surface area contributed by atoms with Gasteiger partial charge in [-0.2, -0.15) is 5.10 Å². The van der Waals surface area contributed by atoms with Gasteiger partial charge in [-0.05, 0) is 50.2 Å². The first-order valence-corrected chi connectivity index (χ1v) is 11.5. The minimum absolute atomic E-state index is 0.0478. The highest BCUT2D eigenvalue weighted by Crippen LogP contribution is 2.46. The molecule has 0 bridgehead atoms. The van der Waals surface area contributed by atoms with E-state index < -0.39 is 5.41 Å². The molecule has 4 rings (SSSR count). The average Bonchev–Trinajstić information content (AvgIpc) is 3.52. The van der Waals surface area contributed by atoms with Crippen molar-refractivity contribution in [3.05, 3.63) is 64.2 Å². The molecule has 2 aliphatic rings. The highest BCUT2D eigenvalue weighted by Gasteiger charge is 2.46. The zero-order chi connectivity index (χ0) is 22.0. The van der Waals surface area contributed by atoms with E-state index in [2.05, 4.69) is 17.1 Å². The maximum Gasteiger partial charge on any atom is 0.254 e. The number of thiophene rings is 1. The number of nitrogens with zero attached hydrogens (tertiary/aromatic N) is 2. The second-order valence-electron chi connectivity index (χ2n) is 8.21. The molecule has 0 spiro atoms. The first-order valence-electron chi connectivity index (χ1n) is 10.7. The molecule has 1 saturated carbocycles.